The summed E-state index contributed by atoms with van der Waals surface area (Å²) >= 11 is 14.4. The van der Waals surface area contributed by atoms with E-state index in [1.807, 2.05) is 18.2 Å². The zero-order valence-corrected chi connectivity index (χ0v) is 17.7. The summed E-state index contributed by atoms with van der Waals surface area (Å²) in [6, 6.07) is 9.35. The molecular formula is C20H22Cl2N2O2S. The fourth-order valence-corrected chi connectivity index (χ4v) is 4.42. The number of benzene rings is 2. The first kappa shape index (κ1) is 20.2. The minimum absolute atomic E-state index is 0.263. The van der Waals surface area contributed by atoms with E-state index in [4.69, 9.17) is 27.9 Å². The molecule has 0 aromatic heterocycles. The lowest BCUT2D eigenvalue weighted by Gasteiger charge is -2.18. The van der Waals surface area contributed by atoms with Crippen LogP contribution in [0.15, 0.2) is 30.3 Å². The maximum atomic E-state index is 12.9. The Balaban J connectivity index is 1.88. The summed E-state index contributed by atoms with van der Waals surface area (Å²) in [6.45, 7) is 3.04. The Morgan fingerprint density at radius 1 is 1.26 bits per heavy atom. The number of halogens is 2. The highest BCUT2D eigenvalue weighted by molar-refractivity contribution is 8.00. The molecule has 2 aromatic carbocycles. The number of anilines is 2. The van der Waals surface area contributed by atoms with Gasteiger partial charge in [0.2, 0.25) is 0 Å². The summed E-state index contributed by atoms with van der Waals surface area (Å²) in [5, 5.41) is 3.57. The first-order chi connectivity index (χ1) is 13.0. The topological polar surface area (TPSA) is 41.6 Å². The largest absolute Gasteiger partial charge is 0.497 e. The molecule has 27 heavy (non-hydrogen) atoms. The van der Waals surface area contributed by atoms with E-state index < -0.39 is 0 Å². The van der Waals surface area contributed by atoms with E-state index in [-0.39, 0.29) is 10.9 Å². The van der Waals surface area contributed by atoms with Gasteiger partial charge in [0.15, 0.2) is 0 Å². The van der Waals surface area contributed by atoms with Gasteiger partial charge in [-0.05, 0) is 54.6 Å². The van der Waals surface area contributed by atoms with Gasteiger partial charge in [-0.2, -0.15) is 0 Å². The van der Waals surface area contributed by atoms with Crippen LogP contribution in [0.1, 0.15) is 35.7 Å². The Labute approximate surface area is 174 Å². The molecule has 0 atom stereocenters. The second-order valence-corrected chi connectivity index (χ2v) is 8.24. The lowest BCUT2D eigenvalue weighted by Crippen LogP contribution is -2.15. The number of aryl methyl sites for hydroxylation is 1. The summed E-state index contributed by atoms with van der Waals surface area (Å²) in [7, 11) is 1.62. The zero-order valence-electron chi connectivity index (χ0n) is 15.4. The molecule has 0 aliphatic carbocycles. The molecule has 0 spiro atoms. The van der Waals surface area contributed by atoms with E-state index in [1.165, 1.54) is 0 Å². The van der Waals surface area contributed by atoms with Crippen molar-refractivity contribution in [1.82, 2.24) is 0 Å². The number of nitrogens with one attached hydrogen (secondary N) is 1. The Morgan fingerprint density at radius 2 is 2.07 bits per heavy atom. The van der Waals surface area contributed by atoms with Crippen LogP contribution < -0.4 is 14.4 Å². The Bertz CT molecular complexity index is 839. The predicted octanol–water partition coefficient (Wildman–Crippen LogP) is 6.07. The van der Waals surface area contributed by atoms with Crippen molar-refractivity contribution in [1.29, 1.82) is 0 Å². The molecule has 1 heterocycles. The van der Waals surface area contributed by atoms with Gasteiger partial charge in [-0.1, -0.05) is 36.5 Å². The first-order valence-corrected chi connectivity index (χ1v) is 10.6. The molecular weight excluding hydrogens is 403 g/mol. The molecule has 3 rings (SSSR count). The van der Waals surface area contributed by atoms with Crippen molar-refractivity contribution in [3.8, 4) is 5.75 Å². The second-order valence-electron chi connectivity index (χ2n) is 6.35. The monoisotopic (exact) mass is 424 g/mol. The molecule has 7 heteroatoms. The fraction of sp³-hybridized carbons (Fsp3) is 0.350. The van der Waals surface area contributed by atoms with Gasteiger partial charge in [-0.3, -0.25) is 4.79 Å². The normalized spacial score (nSPS) is 13.7. The maximum absolute atomic E-state index is 12.9. The smallest absolute Gasteiger partial charge is 0.257 e. The molecule has 1 saturated heterocycles. The lowest BCUT2D eigenvalue weighted by molar-refractivity contribution is 0.102. The molecule has 1 aliphatic rings. The number of carbonyl (C=O) groups excluding carboxylic acids is 1. The quantitative estimate of drug-likeness (QED) is 0.571. The Morgan fingerprint density at radius 3 is 2.74 bits per heavy atom. The van der Waals surface area contributed by atoms with Gasteiger partial charge in [-0.15, -0.1) is 0 Å². The summed E-state index contributed by atoms with van der Waals surface area (Å²) in [5.41, 5.74) is 3.05. The van der Waals surface area contributed by atoms with E-state index in [1.54, 1.807) is 31.2 Å². The van der Waals surface area contributed by atoms with Crippen molar-refractivity contribution in [3.63, 3.8) is 0 Å². The minimum atomic E-state index is -0.288. The molecule has 0 saturated carbocycles. The average molecular weight is 425 g/mol. The minimum Gasteiger partial charge on any atom is -0.497 e. The van der Waals surface area contributed by atoms with Gasteiger partial charge in [0.05, 0.1) is 22.7 Å². The summed E-state index contributed by atoms with van der Waals surface area (Å²) < 4.78 is 7.49. The molecule has 2 aromatic rings. The van der Waals surface area contributed by atoms with E-state index in [9.17, 15) is 4.79 Å². The molecule has 4 nitrogen and oxygen atoms in total. The van der Waals surface area contributed by atoms with Crippen LogP contribution in [-0.4, -0.2) is 25.3 Å². The molecule has 0 unspecified atom stereocenters. The number of ether oxygens (including phenoxy) is 1. The summed E-state index contributed by atoms with van der Waals surface area (Å²) in [5.74, 6) is 1.48. The second kappa shape index (κ2) is 9.09. The fourth-order valence-electron chi connectivity index (χ4n) is 3.02. The van der Waals surface area contributed by atoms with Crippen LogP contribution in [0, 0.1) is 0 Å². The van der Waals surface area contributed by atoms with Crippen molar-refractivity contribution in [3.05, 3.63) is 51.5 Å². The van der Waals surface area contributed by atoms with E-state index >= 15 is 0 Å². The van der Waals surface area contributed by atoms with Crippen LogP contribution in [-0.2, 0) is 6.42 Å². The van der Waals surface area contributed by atoms with Gasteiger partial charge in [0.25, 0.3) is 5.91 Å². The molecule has 144 valence electrons. The first-order valence-electron chi connectivity index (χ1n) is 8.90. The van der Waals surface area contributed by atoms with Crippen LogP contribution in [0.2, 0.25) is 10.0 Å². The number of hydrogen-bond acceptors (Lipinski definition) is 4. The highest BCUT2D eigenvalue weighted by Gasteiger charge is 2.20. The molecule has 1 amide bonds. The standard InChI is InChI=1S/C20H22Cl2N2O2S/c1-3-5-13-8-14(10-16(9-13)26-2)23-20(25)17-11-15(12-18(21)19(17)22)24-6-4-7-27-24/h8-12H,3-7H2,1-2H3,(H,23,25). The lowest BCUT2D eigenvalue weighted by atomic mass is 10.1. The highest BCUT2D eigenvalue weighted by atomic mass is 35.5. The number of amides is 1. The number of rotatable bonds is 6. The molecule has 1 fully saturated rings. The van der Waals surface area contributed by atoms with E-state index in [0.29, 0.717) is 22.0 Å². The van der Waals surface area contributed by atoms with Crippen molar-refractivity contribution >= 4 is 52.4 Å². The Hall–Kier alpha value is -1.56. The Kier molecular flexibility index (Phi) is 6.79. The molecule has 1 aliphatic heterocycles. The van der Waals surface area contributed by atoms with Crippen molar-refractivity contribution < 1.29 is 9.53 Å². The third-order valence-electron chi connectivity index (χ3n) is 4.30. The molecule has 0 bridgehead atoms. The average Bonchev–Trinajstić information content (AvgIpc) is 3.18. The van der Waals surface area contributed by atoms with Gasteiger partial charge in [0.1, 0.15) is 5.75 Å². The summed E-state index contributed by atoms with van der Waals surface area (Å²) in [4.78, 5) is 12.9. The zero-order chi connectivity index (χ0) is 19.4. The van der Waals surface area contributed by atoms with Gasteiger partial charge >= 0.3 is 0 Å². The molecule has 0 radical (unpaired) electrons. The predicted molar refractivity (Wildman–Crippen MR) is 116 cm³/mol. The van der Waals surface area contributed by atoms with Gasteiger partial charge in [-0.25, -0.2) is 0 Å². The highest BCUT2D eigenvalue weighted by Crippen LogP contribution is 2.36. The van der Waals surface area contributed by atoms with E-state index in [0.717, 1.165) is 42.8 Å². The van der Waals surface area contributed by atoms with Crippen LogP contribution in [0.3, 0.4) is 0 Å². The van der Waals surface area contributed by atoms with Crippen LogP contribution in [0.5, 0.6) is 5.75 Å². The van der Waals surface area contributed by atoms with Crippen LogP contribution in [0.25, 0.3) is 0 Å². The van der Waals surface area contributed by atoms with Gasteiger partial charge in [0, 0.05) is 29.7 Å². The number of carbonyl (C=O) groups is 1. The maximum Gasteiger partial charge on any atom is 0.257 e. The van der Waals surface area contributed by atoms with Crippen molar-refractivity contribution in [2.75, 3.05) is 29.0 Å². The molecule has 1 N–H and O–H groups in total. The summed E-state index contributed by atoms with van der Waals surface area (Å²) in [6.07, 6.45) is 3.03. The van der Waals surface area contributed by atoms with E-state index in [2.05, 4.69) is 16.5 Å². The van der Waals surface area contributed by atoms with Crippen molar-refractivity contribution in [2.45, 2.75) is 26.2 Å². The third-order valence-corrected chi connectivity index (χ3v) is 6.28. The van der Waals surface area contributed by atoms with Crippen LogP contribution in [0.4, 0.5) is 11.4 Å². The SMILES string of the molecule is CCCc1cc(NC(=O)c2cc(N3CCCS3)cc(Cl)c2Cl)cc(OC)c1. The van der Waals surface area contributed by atoms with Crippen LogP contribution >= 0.6 is 35.1 Å². The third kappa shape index (κ3) is 4.84. The number of methoxy groups -OCH3 is 1. The van der Waals surface area contributed by atoms with Crippen molar-refractivity contribution in [2.24, 2.45) is 0 Å². The van der Waals surface area contributed by atoms with Gasteiger partial charge < -0.3 is 14.4 Å². The number of hydrogen-bond donors (Lipinski definition) is 1. The number of nitrogens with zero attached hydrogens (tertiary/aromatic N) is 1.